The molecule has 1 aliphatic carbocycles. The number of aliphatic hydroxyl groups excluding tert-OH is 1. The SMILES string of the molecule is CCOC(=O)CCCc1ccc(OC[C@H](O)CNC(C)(C)CC2Cc3ccccc3C2)c(C#N)c1. The molecular formula is C29H38N2O4. The highest BCUT2D eigenvalue weighted by Crippen LogP contribution is 2.31. The number of benzene rings is 2. The Morgan fingerprint density at radius 1 is 1.23 bits per heavy atom. The fraction of sp³-hybridized carbons (Fsp3) is 0.517. The number of aliphatic hydroxyl groups is 1. The van der Waals surface area contributed by atoms with Crippen LogP contribution in [0.1, 0.15) is 62.3 Å². The highest BCUT2D eigenvalue weighted by Gasteiger charge is 2.28. The summed E-state index contributed by atoms with van der Waals surface area (Å²) in [4.78, 5) is 11.5. The van der Waals surface area contributed by atoms with Gasteiger partial charge < -0.3 is 19.9 Å². The number of β-amino-alcohol motifs (C(OH)–C–C–N with tert-alkyl or cyclic N) is 1. The molecule has 6 nitrogen and oxygen atoms in total. The van der Waals surface area contributed by atoms with E-state index in [1.807, 2.05) is 6.07 Å². The van der Waals surface area contributed by atoms with E-state index >= 15 is 0 Å². The summed E-state index contributed by atoms with van der Waals surface area (Å²) in [5, 5.41) is 23.5. The molecule has 0 fully saturated rings. The summed E-state index contributed by atoms with van der Waals surface area (Å²) in [6.45, 7) is 7.06. The summed E-state index contributed by atoms with van der Waals surface area (Å²) in [6, 6.07) is 16.3. The van der Waals surface area contributed by atoms with Crippen molar-refractivity contribution in [2.24, 2.45) is 5.92 Å². The molecule has 2 aromatic rings. The summed E-state index contributed by atoms with van der Waals surface area (Å²) in [5.41, 5.74) is 4.22. The van der Waals surface area contributed by atoms with Gasteiger partial charge in [0.25, 0.3) is 0 Å². The molecule has 0 radical (unpaired) electrons. The molecule has 35 heavy (non-hydrogen) atoms. The number of nitriles is 1. The van der Waals surface area contributed by atoms with Crippen molar-refractivity contribution in [1.82, 2.24) is 5.32 Å². The van der Waals surface area contributed by atoms with Crippen LogP contribution in [0.25, 0.3) is 0 Å². The smallest absolute Gasteiger partial charge is 0.305 e. The molecule has 0 aromatic heterocycles. The minimum absolute atomic E-state index is 0.100. The Labute approximate surface area is 209 Å². The Morgan fingerprint density at radius 2 is 1.94 bits per heavy atom. The third-order valence-corrected chi connectivity index (χ3v) is 6.50. The number of nitrogens with zero attached hydrogens (tertiary/aromatic N) is 1. The van der Waals surface area contributed by atoms with Crippen LogP contribution in [0, 0.1) is 17.2 Å². The molecule has 188 valence electrons. The summed E-state index contributed by atoms with van der Waals surface area (Å²) in [6.07, 6.45) is 4.28. The van der Waals surface area contributed by atoms with Gasteiger partial charge in [-0.1, -0.05) is 30.3 Å². The van der Waals surface area contributed by atoms with Crippen LogP contribution >= 0.6 is 0 Å². The summed E-state index contributed by atoms with van der Waals surface area (Å²) >= 11 is 0. The summed E-state index contributed by atoms with van der Waals surface area (Å²) in [5.74, 6) is 0.869. The van der Waals surface area contributed by atoms with Crippen LogP contribution in [-0.2, 0) is 28.8 Å². The number of ether oxygens (including phenoxy) is 2. The van der Waals surface area contributed by atoms with Gasteiger partial charge in [0.2, 0.25) is 0 Å². The topological polar surface area (TPSA) is 91.6 Å². The largest absolute Gasteiger partial charge is 0.489 e. The summed E-state index contributed by atoms with van der Waals surface area (Å²) in [7, 11) is 0. The molecule has 1 atom stereocenters. The number of carbonyl (C=O) groups excluding carboxylic acids is 1. The third kappa shape index (κ3) is 8.38. The number of carbonyl (C=O) groups is 1. The molecule has 0 unspecified atom stereocenters. The normalized spacial score (nSPS) is 14.3. The van der Waals surface area contributed by atoms with Crippen LogP contribution in [0.2, 0.25) is 0 Å². The van der Waals surface area contributed by atoms with Crippen molar-refractivity contribution in [2.75, 3.05) is 19.8 Å². The van der Waals surface area contributed by atoms with Gasteiger partial charge >= 0.3 is 5.97 Å². The maximum atomic E-state index is 11.5. The first kappa shape index (κ1) is 26.7. The van der Waals surface area contributed by atoms with Gasteiger partial charge in [0.05, 0.1) is 12.2 Å². The highest BCUT2D eigenvalue weighted by molar-refractivity contribution is 5.69. The number of hydrogen-bond donors (Lipinski definition) is 2. The van der Waals surface area contributed by atoms with Crippen molar-refractivity contribution in [3.8, 4) is 11.8 Å². The molecule has 2 aromatic carbocycles. The number of fused-ring (bicyclic) bond motifs is 1. The van der Waals surface area contributed by atoms with Gasteiger partial charge in [0.15, 0.2) is 0 Å². The van der Waals surface area contributed by atoms with Crippen molar-refractivity contribution >= 4 is 5.97 Å². The first-order chi connectivity index (χ1) is 16.8. The van der Waals surface area contributed by atoms with Crippen molar-refractivity contribution < 1.29 is 19.4 Å². The molecule has 0 saturated carbocycles. The number of hydrogen-bond acceptors (Lipinski definition) is 6. The number of esters is 1. The monoisotopic (exact) mass is 478 g/mol. The Balaban J connectivity index is 1.42. The van der Waals surface area contributed by atoms with E-state index in [1.165, 1.54) is 11.1 Å². The molecule has 2 N–H and O–H groups in total. The van der Waals surface area contributed by atoms with Gasteiger partial charge in [0, 0.05) is 18.5 Å². The lowest BCUT2D eigenvalue weighted by Gasteiger charge is -2.30. The summed E-state index contributed by atoms with van der Waals surface area (Å²) < 4.78 is 10.7. The van der Waals surface area contributed by atoms with Crippen LogP contribution < -0.4 is 10.1 Å². The molecule has 0 amide bonds. The first-order valence-corrected chi connectivity index (χ1v) is 12.6. The van der Waals surface area contributed by atoms with Crippen molar-refractivity contribution in [3.63, 3.8) is 0 Å². The predicted octanol–water partition coefficient (Wildman–Crippen LogP) is 4.36. The molecule has 0 bridgehead atoms. The zero-order valence-electron chi connectivity index (χ0n) is 21.2. The molecule has 3 rings (SSSR count). The molecular weight excluding hydrogens is 440 g/mol. The van der Waals surface area contributed by atoms with E-state index in [0.717, 1.165) is 24.8 Å². The van der Waals surface area contributed by atoms with Crippen molar-refractivity contribution in [3.05, 3.63) is 64.7 Å². The fourth-order valence-corrected chi connectivity index (χ4v) is 4.84. The van der Waals surface area contributed by atoms with Crippen molar-refractivity contribution in [2.45, 2.75) is 70.9 Å². The van der Waals surface area contributed by atoms with Gasteiger partial charge in [0.1, 0.15) is 24.5 Å². The standard InChI is InChI=1S/C29H38N2O4/c1-4-34-28(33)11-7-8-21-12-13-27(25(14-21)18-30)35-20-26(32)19-31-29(2,3)17-22-15-23-9-5-6-10-24(23)16-22/h5-6,9-10,12-14,22,26,31-32H,4,7-8,11,15-17,19-20H2,1-3H3/t26-/m1/s1. The van der Waals surface area contributed by atoms with E-state index in [2.05, 4.69) is 49.5 Å². The van der Waals surface area contributed by atoms with Gasteiger partial charge in [-0.25, -0.2) is 0 Å². The van der Waals surface area contributed by atoms with Gasteiger partial charge in [-0.2, -0.15) is 5.26 Å². The van der Waals surface area contributed by atoms with Crippen LogP contribution in [0.15, 0.2) is 42.5 Å². The third-order valence-electron chi connectivity index (χ3n) is 6.50. The van der Waals surface area contributed by atoms with Crippen LogP contribution in [-0.4, -0.2) is 42.5 Å². The number of aryl methyl sites for hydroxylation is 1. The first-order valence-electron chi connectivity index (χ1n) is 12.6. The number of rotatable bonds is 13. The average molecular weight is 479 g/mol. The van der Waals surface area contributed by atoms with E-state index in [9.17, 15) is 15.2 Å². The Morgan fingerprint density at radius 3 is 2.60 bits per heavy atom. The Bertz CT molecular complexity index is 1000. The van der Waals surface area contributed by atoms with Crippen LogP contribution in [0.3, 0.4) is 0 Å². The maximum Gasteiger partial charge on any atom is 0.305 e. The van der Waals surface area contributed by atoms with Crippen LogP contribution in [0.5, 0.6) is 5.75 Å². The van der Waals surface area contributed by atoms with Gasteiger partial charge in [-0.3, -0.25) is 4.79 Å². The number of nitrogens with one attached hydrogen (secondary N) is 1. The van der Waals surface area contributed by atoms with Gasteiger partial charge in [-0.05, 0) is 87.6 Å². The second-order valence-electron chi connectivity index (χ2n) is 10.1. The fourth-order valence-electron chi connectivity index (χ4n) is 4.84. The average Bonchev–Trinajstić information content (AvgIpc) is 3.23. The molecule has 0 saturated heterocycles. The molecule has 0 spiro atoms. The maximum absolute atomic E-state index is 11.5. The molecule has 1 aliphatic rings. The second-order valence-corrected chi connectivity index (χ2v) is 10.1. The zero-order valence-corrected chi connectivity index (χ0v) is 21.2. The Kier molecular flexibility index (Phi) is 9.71. The lowest BCUT2D eigenvalue weighted by atomic mass is 9.88. The van der Waals surface area contributed by atoms with Crippen molar-refractivity contribution in [1.29, 1.82) is 5.26 Å². The van der Waals surface area contributed by atoms with E-state index in [4.69, 9.17) is 9.47 Å². The van der Waals surface area contributed by atoms with E-state index < -0.39 is 6.10 Å². The Hall–Kier alpha value is -2.88. The lowest BCUT2D eigenvalue weighted by Crippen LogP contribution is -2.46. The predicted molar refractivity (Wildman–Crippen MR) is 136 cm³/mol. The van der Waals surface area contributed by atoms with Gasteiger partial charge in [-0.15, -0.1) is 0 Å². The van der Waals surface area contributed by atoms with E-state index in [-0.39, 0.29) is 18.1 Å². The highest BCUT2D eigenvalue weighted by atomic mass is 16.5. The van der Waals surface area contributed by atoms with Crippen LogP contribution in [0.4, 0.5) is 0 Å². The van der Waals surface area contributed by atoms with E-state index in [0.29, 0.717) is 49.6 Å². The minimum atomic E-state index is -0.689. The molecule has 0 heterocycles. The van der Waals surface area contributed by atoms with E-state index in [1.54, 1.807) is 19.1 Å². The molecule has 6 heteroatoms. The lowest BCUT2D eigenvalue weighted by molar-refractivity contribution is -0.143. The minimum Gasteiger partial charge on any atom is -0.489 e. The quantitative estimate of drug-likeness (QED) is 0.416. The second kappa shape index (κ2) is 12.7. The molecule has 0 aliphatic heterocycles. The zero-order chi connectivity index (χ0) is 25.3.